The summed E-state index contributed by atoms with van der Waals surface area (Å²) >= 11 is 0. The molecule has 1 amide bonds. The third kappa shape index (κ3) is 4.61. The lowest BCUT2D eigenvalue weighted by atomic mass is 9.76. The van der Waals surface area contributed by atoms with Gasteiger partial charge in [0.1, 0.15) is 5.82 Å². The van der Waals surface area contributed by atoms with Crippen molar-refractivity contribution < 1.29 is 13.9 Å². The Balaban J connectivity index is 1.85. The summed E-state index contributed by atoms with van der Waals surface area (Å²) in [6, 6.07) is 14.7. The summed E-state index contributed by atoms with van der Waals surface area (Å²) in [4.78, 5) is 11.6. The van der Waals surface area contributed by atoms with Crippen LogP contribution in [-0.2, 0) is 4.74 Å². The van der Waals surface area contributed by atoms with E-state index in [1.807, 2.05) is 30.3 Å². The predicted molar refractivity (Wildman–Crippen MR) is 101 cm³/mol. The minimum atomic E-state index is -0.458. The topological polar surface area (TPSA) is 50.4 Å². The van der Waals surface area contributed by atoms with E-state index in [1.165, 1.54) is 6.07 Å². The van der Waals surface area contributed by atoms with Crippen molar-refractivity contribution in [3.8, 4) is 0 Å². The van der Waals surface area contributed by atoms with Crippen LogP contribution in [0, 0.1) is 11.7 Å². The highest BCUT2D eigenvalue weighted by Crippen LogP contribution is 2.37. The second kappa shape index (κ2) is 8.81. The van der Waals surface area contributed by atoms with E-state index in [1.54, 1.807) is 19.1 Å². The molecule has 1 atom stereocenters. The molecule has 0 aliphatic carbocycles. The first-order chi connectivity index (χ1) is 12.7. The van der Waals surface area contributed by atoms with Crippen molar-refractivity contribution in [1.82, 2.24) is 5.32 Å². The van der Waals surface area contributed by atoms with Gasteiger partial charge >= 0.3 is 6.09 Å². The van der Waals surface area contributed by atoms with Crippen LogP contribution in [0.25, 0.3) is 0 Å². The van der Waals surface area contributed by atoms with Crippen LogP contribution >= 0.6 is 0 Å². The first-order valence-electron chi connectivity index (χ1n) is 9.17. The molecule has 1 aliphatic rings. The maximum atomic E-state index is 13.8. The Bertz CT molecular complexity index is 727. The highest BCUT2D eigenvalue weighted by atomic mass is 19.1. The van der Waals surface area contributed by atoms with E-state index in [0.717, 1.165) is 37.1 Å². The average molecular weight is 356 g/mol. The van der Waals surface area contributed by atoms with Gasteiger partial charge in [-0.25, -0.2) is 9.18 Å². The van der Waals surface area contributed by atoms with E-state index in [-0.39, 0.29) is 11.7 Å². The lowest BCUT2D eigenvalue weighted by Gasteiger charge is -2.31. The Hall–Kier alpha value is -2.40. The highest BCUT2D eigenvalue weighted by Gasteiger charge is 2.26. The van der Waals surface area contributed by atoms with Gasteiger partial charge in [-0.05, 0) is 74.2 Å². The summed E-state index contributed by atoms with van der Waals surface area (Å²) in [5.74, 6) is 0.397. The molecular formula is C21H25FN2O2. The van der Waals surface area contributed by atoms with E-state index < -0.39 is 6.09 Å². The molecule has 4 nitrogen and oxygen atoms in total. The van der Waals surface area contributed by atoms with Gasteiger partial charge in [-0.2, -0.15) is 0 Å². The number of piperidine rings is 1. The number of benzene rings is 2. The molecule has 1 heterocycles. The summed E-state index contributed by atoms with van der Waals surface area (Å²) in [5, 5.41) is 6.10. The van der Waals surface area contributed by atoms with E-state index in [2.05, 4.69) is 10.6 Å². The molecule has 1 unspecified atom stereocenters. The second-order valence-electron chi connectivity index (χ2n) is 6.59. The minimum absolute atomic E-state index is 0.143. The summed E-state index contributed by atoms with van der Waals surface area (Å²) in [7, 11) is 0. The molecule has 5 heteroatoms. The van der Waals surface area contributed by atoms with E-state index in [4.69, 9.17) is 4.74 Å². The zero-order valence-corrected chi connectivity index (χ0v) is 15.0. The van der Waals surface area contributed by atoms with Crippen molar-refractivity contribution in [2.45, 2.75) is 25.7 Å². The summed E-state index contributed by atoms with van der Waals surface area (Å²) in [6.45, 7) is 4.07. The molecule has 0 radical (unpaired) electrons. The molecule has 2 N–H and O–H groups in total. The maximum Gasteiger partial charge on any atom is 0.411 e. The third-order valence-electron chi connectivity index (χ3n) is 4.85. The largest absolute Gasteiger partial charge is 0.450 e. The Labute approximate surface area is 153 Å². The predicted octanol–water partition coefficient (Wildman–Crippen LogP) is 4.53. The lowest BCUT2D eigenvalue weighted by Crippen LogP contribution is -2.31. The number of nitrogens with one attached hydrogen (secondary N) is 2. The Morgan fingerprint density at radius 1 is 1.19 bits per heavy atom. The molecule has 0 saturated carbocycles. The Morgan fingerprint density at radius 2 is 1.92 bits per heavy atom. The number of carbonyl (C=O) groups is 1. The van der Waals surface area contributed by atoms with Crippen LogP contribution in [0.2, 0.25) is 0 Å². The van der Waals surface area contributed by atoms with E-state index in [0.29, 0.717) is 18.2 Å². The number of ether oxygens (including phenoxy) is 1. The lowest BCUT2D eigenvalue weighted by molar-refractivity contribution is 0.168. The quantitative estimate of drug-likeness (QED) is 0.828. The molecule has 0 bridgehead atoms. The van der Waals surface area contributed by atoms with Crippen molar-refractivity contribution in [1.29, 1.82) is 0 Å². The van der Waals surface area contributed by atoms with Crippen LogP contribution in [0.4, 0.5) is 14.9 Å². The second-order valence-corrected chi connectivity index (χ2v) is 6.59. The molecule has 2 aromatic carbocycles. The molecule has 138 valence electrons. The average Bonchev–Trinajstić information content (AvgIpc) is 2.65. The van der Waals surface area contributed by atoms with Crippen LogP contribution in [-0.4, -0.2) is 25.8 Å². The third-order valence-corrected chi connectivity index (χ3v) is 4.85. The van der Waals surface area contributed by atoms with Crippen LogP contribution in [0.15, 0.2) is 48.5 Å². The molecule has 1 aliphatic heterocycles. The van der Waals surface area contributed by atoms with E-state index >= 15 is 0 Å². The van der Waals surface area contributed by atoms with Gasteiger partial charge in [0.25, 0.3) is 0 Å². The van der Waals surface area contributed by atoms with Gasteiger partial charge in [0.15, 0.2) is 0 Å². The maximum absolute atomic E-state index is 13.8. The molecule has 1 saturated heterocycles. The summed E-state index contributed by atoms with van der Waals surface area (Å²) in [5.41, 5.74) is 2.83. The van der Waals surface area contributed by atoms with Crippen molar-refractivity contribution in [2.24, 2.45) is 5.92 Å². The molecule has 26 heavy (non-hydrogen) atoms. The number of carbonyl (C=O) groups excluding carboxylic acids is 1. The zero-order chi connectivity index (χ0) is 18.4. The smallest absolute Gasteiger partial charge is 0.411 e. The fraction of sp³-hybridized carbons (Fsp3) is 0.381. The van der Waals surface area contributed by atoms with Gasteiger partial charge in [0, 0.05) is 11.6 Å². The van der Waals surface area contributed by atoms with E-state index in [9.17, 15) is 9.18 Å². The number of hydrogen-bond acceptors (Lipinski definition) is 3. The van der Waals surface area contributed by atoms with Gasteiger partial charge in [-0.15, -0.1) is 0 Å². The number of rotatable bonds is 5. The highest BCUT2D eigenvalue weighted by molar-refractivity contribution is 5.84. The fourth-order valence-electron chi connectivity index (χ4n) is 3.67. The van der Waals surface area contributed by atoms with Gasteiger partial charge in [0.05, 0.1) is 6.61 Å². The number of halogens is 1. The van der Waals surface area contributed by atoms with Crippen molar-refractivity contribution in [3.05, 3.63) is 65.5 Å². The standard InChI is InChI=1S/C21H25FN2O2/c1-2-26-21(25)24-19-8-6-15(7-9-19)20(16-10-12-23-13-11-16)17-4-3-5-18(22)14-17/h3-9,14,16,20,23H,2,10-13H2,1H3,(H,24,25). The van der Waals surface area contributed by atoms with Crippen molar-refractivity contribution in [3.63, 3.8) is 0 Å². The Kier molecular flexibility index (Phi) is 6.23. The first kappa shape index (κ1) is 18.4. The Morgan fingerprint density at radius 3 is 2.58 bits per heavy atom. The van der Waals surface area contributed by atoms with Crippen molar-refractivity contribution >= 4 is 11.8 Å². The summed E-state index contributed by atoms with van der Waals surface area (Å²) < 4.78 is 18.7. The van der Waals surface area contributed by atoms with Crippen LogP contribution in [0.5, 0.6) is 0 Å². The van der Waals surface area contributed by atoms with Crippen LogP contribution in [0.1, 0.15) is 36.8 Å². The first-order valence-corrected chi connectivity index (χ1v) is 9.17. The van der Waals surface area contributed by atoms with Crippen molar-refractivity contribution in [2.75, 3.05) is 25.0 Å². The molecule has 1 fully saturated rings. The molecule has 0 aromatic heterocycles. The monoisotopic (exact) mass is 356 g/mol. The summed E-state index contributed by atoms with van der Waals surface area (Å²) in [6.07, 6.45) is 1.66. The number of hydrogen-bond donors (Lipinski definition) is 2. The van der Waals surface area contributed by atoms with Gasteiger partial charge in [0.2, 0.25) is 0 Å². The van der Waals surface area contributed by atoms with Crippen LogP contribution < -0.4 is 10.6 Å². The van der Waals surface area contributed by atoms with Gasteiger partial charge in [-0.3, -0.25) is 5.32 Å². The SMILES string of the molecule is CCOC(=O)Nc1ccc(C(c2cccc(F)c2)C2CCNCC2)cc1. The number of anilines is 1. The fourth-order valence-corrected chi connectivity index (χ4v) is 3.67. The number of amides is 1. The molecular weight excluding hydrogens is 331 g/mol. The normalized spacial score (nSPS) is 16.1. The molecule has 2 aromatic rings. The van der Waals surface area contributed by atoms with Gasteiger partial charge < -0.3 is 10.1 Å². The zero-order valence-electron chi connectivity index (χ0n) is 15.0. The minimum Gasteiger partial charge on any atom is -0.450 e. The van der Waals surface area contributed by atoms with Gasteiger partial charge in [-0.1, -0.05) is 24.3 Å². The molecule has 3 rings (SSSR count). The van der Waals surface area contributed by atoms with Crippen LogP contribution in [0.3, 0.4) is 0 Å². The molecule has 0 spiro atoms.